The molecule has 1 aliphatic carbocycles. The number of hydrogen-bond acceptors (Lipinski definition) is 7. The number of hydrogen-bond donors (Lipinski definition) is 3. The van der Waals surface area contributed by atoms with Gasteiger partial charge in [-0.1, -0.05) is 6.92 Å². The van der Waals surface area contributed by atoms with Crippen molar-refractivity contribution in [1.29, 1.82) is 0 Å². The Kier molecular flexibility index (Phi) is 5.20. The second kappa shape index (κ2) is 7.53. The van der Waals surface area contributed by atoms with Gasteiger partial charge in [0.05, 0.1) is 6.61 Å². The fraction of sp³-hybridized carbons (Fsp3) is 0.529. The molecule has 7 heteroatoms. The van der Waals surface area contributed by atoms with Crippen LogP contribution < -0.4 is 10.6 Å². The van der Waals surface area contributed by atoms with E-state index < -0.39 is 0 Å². The van der Waals surface area contributed by atoms with Crippen molar-refractivity contribution in [2.24, 2.45) is 0 Å². The largest absolute Gasteiger partial charge is 0.395 e. The molecule has 24 heavy (non-hydrogen) atoms. The molecule has 2 aromatic heterocycles. The van der Waals surface area contributed by atoms with Gasteiger partial charge in [-0.25, -0.2) is 19.9 Å². The van der Waals surface area contributed by atoms with Gasteiger partial charge in [0.15, 0.2) is 0 Å². The van der Waals surface area contributed by atoms with E-state index in [0.29, 0.717) is 18.5 Å². The van der Waals surface area contributed by atoms with E-state index in [9.17, 15) is 0 Å². The second-order valence-corrected chi connectivity index (χ2v) is 6.13. The van der Waals surface area contributed by atoms with Crippen LogP contribution >= 0.6 is 0 Å². The van der Waals surface area contributed by atoms with Gasteiger partial charge in [-0.15, -0.1) is 0 Å². The molecule has 0 bridgehead atoms. The molecule has 3 rings (SSSR count). The van der Waals surface area contributed by atoms with Crippen LogP contribution in [-0.4, -0.2) is 44.2 Å². The molecule has 0 amide bonds. The maximum atomic E-state index is 8.88. The Morgan fingerprint density at radius 3 is 2.83 bits per heavy atom. The highest BCUT2D eigenvalue weighted by atomic mass is 16.3. The summed E-state index contributed by atoms with van der Waals surface area (Å²) in [5.74, 6) is 2.96. The maximum absolute atomic E-state index is 8.88. The minimum Gasteiger partial charge on any atom is -0.395 e. The van der Waals surface area contributed by atoms with E-state index in [-0.39, 0.29) is 6.61 Å². The number of aliphatic hydroxyl groups excluding tert-OH is 1. The van der Waals surface area contributed by atoms with Crippen molar-refractivity contribution in [2.75, 3.05) is 23.8 Å². The predicted molar refractivity (Wildman–Crippen MR) is 93.1 cm³/mol. The molecule has 2 aromatic rings. The Labute approximate surface area is 142 Å². The van der Waals surface area contributed by atoms with E-state index in [0.717, 1.165) is 48.0 Å². The molecule has 0 spiro atoms. The molecule has 0 aliphatic heterocycles. The molecule has 0 atom stereocenters. The zero-order chi connectivity index (χ0) is 16.9. The Hall–Kier alpha value is -2.28. The Morgan fingerprint density at radius 1 is 1.25 bits per heavy atom. The molecule has 1 saturated carbocycles. The highest BCUT2D eigenvalue weighted by Gasteiger charge is 2.32. The van der Waals surface area contributed by atoms with Crippen LogP contribution in [0.5, 0.6) is 0 Å². The van der Waals surface area contributed by atoms with Gasteiger partial charge in [0.1, 0.15) is 23.8 Å². The van der Waals surface area contributed by atoms with Gasteiger partial charge in [0.2, 0.25) is 0 Å². The topological polar surface area (TPSA) is 95.9 Å². The predicted octanol–water partition coefficient (Wildman–Crippen LogP) is 1.90. The van der Waals surface area contributed by atoms with Crippen molar-refractivity contribution in [2.45, 2.75) is 45.1 Å². The van der Waals surface area contributed by atoms with Gasteiger partial charge in [-0.2, -0.15) is 0 Å². The van der Waals surface area contributed by atoms with Crippen LogP contribution in [0.2, 0.25) is 0 Å². The zero-order valence-electron chi connectivity index (χ0n) is 14.2. The first-order valence-corrected chi connectivity index (χ1v) is 8.45. The molecule has 0 radical (unpaired) electrons. The van der Waals surface area contributed by atoms with Gasteiger partial charge in [0, 0.05) is 42.0 Å². The van der Waals surface area contributed by atoms with E-state index in [1.165, 1.54) is 0 Å². The Balaban J connectivity index is 1.59. The lowest BCUT2D eigenvalue weighted by Crippen LogP contribution is -2.35. The highest BCUT2D eigenvalue weighted by molar-refractivity contribution is 5.45. The third-order valence-corrected chi connectivity index (χ3v) is 4.37. The number of aromatic nitrogens is 4. The quantitative estimate of drug-likeness (QED) is 0.714. The summed E-state index contributed by atoms with van der Waals surface area (Å²) in [5.41, 5.74) is 2.21. The van der Waals surface area contributed by atoms with Crippen molar-refractivity contribution in [3.8, 4) is 0 Å². The number of anilines is 2. The van der Waals surface area contributed by atoms with Crippen molar-refractivity contribution in [3.63, 3.8) is 0 Å². The molecule has 3 N–H and O–H groups in total. The van der Waals surface area contributed by atoms with Gasteiger partial charge < -0.3 is 15.7 Å². The minimum atomic E-state index is 0.0901. The maximum Gasteiger partial charge on any atom is 0.133 e. The normalized spacial score (nSPS) is 19.6. The molecule has 128 valence electrons. The number of aryl methyl sites for hydroxylation is 2. The van der Waals surface area contributed by atoms with Crippen LogP contribution in [0, 0.1) is 6.92 Å². The van der Waals surface area contributed by atoms with E-state index in [1.54, 1.807) is 6.33 Å². The SMILES string of the molecule is CCc1cnc(C)nc1NC1CC(c2cc(NCCO)ncn2)C1. The van der Waals surface area contributed by atoms with Crippen molar-refractivity contribution < 1.29 is 5.11 Å². The first-order valence-electron chi connectivity index (χ1n) is 8.45. The lowest BCUT2D eigenvalue weighted by molar-refractivity contribution is 0.311. The van der Waals surface area contributed by atoms with Gasteiger partial charge in [0.25, 0.3) is 0 Å². The van der Waals surface area contributed by atoms with Crippen LogP contribution in [0.3, 0.4) is 0 Å². The van der Waals surface area contributed by atoms with Crippen molar-refractivity contribution in [3.05, 3.63) is 35.7 Å². The van der Waals surface area contributed by atoms with E-state index >= 15 is 0 Å². The average molecular weight is 328 g/mol. The summed E-state index contributed by atoms with van der Waals surface area (Å²) >= 11 is 0. The number of rotatable bonds is 7. The van der Waals surface area contributed by atoms with Gasteiger partial charge >= 0.3 is 0 Å². The highest BCUT2D eigenvalue weighted by Crippen LogP contribution is 2.38. The number of nitrogens with one attached hydrogen (secondary N) is 2. The lowest BCUT2D eigenvalue weighted by atomic mass is 9.78. The van der Waals surface area contributed by atoms with Crippen molar-refractivity contribution >= 4 is 11.6 Å². The first-order chi connectivity index (χ1) is 11.7. The molecule has 0 saturated heterocycles. The number of nitrogens with zero attached hydrogens (tertiary/aromatic N) is 4. The summed E-state index contributed by atoms with van der Waals surface area (Å²) in [6.45, 7) is 4.62. The average Bonchev–Trinajstić information content (AvgIpc) is 2.56. The number of aliphatic hydroxyl groups is 1. The standard InChI is InChI=1S/C17H24N6O/c1-3-12-9-19-11(2)22-17(12)23-14-6-13(7-14)15-8-16(18-4-5-24)21-10-20-15/h8-10,13-14,24H,3-7H2,1-2H3,(H,18,20,21)(H,19,22,23). The van der Waals surface area contributed by atoms with Gasteiger partial charge in [-0.3, -0.25) is 0 Å². The Morgan fingerprint density at radius 2 is 2.08 bits per heavy atom. The molecular formula is C17H24N6O. The summed E-state index contributed by atoms with van der Waals surface area (Å²) in [6.07, 6.45) is 6.47. The second-order valence-electron chi connectivity index (χ2n) is 6.13. The molecule has 2 heterocycles. The smallest absolute Gasteiger partial charge is 0.133 e. The molecule has 0 aromatic carbocycles. The first kappa shape index (κ1) is 16.6. The van der Waals surface area contributed by atoms with Crippen LogP contribution in [0.15, 0.2) is 18.6 Å². The van der Waals surface area contributed by atoms with Crippen LogP contribution in [0.25, 0.3) is 0 Å². The van der Waals surface area contributed by atoms with E-state index in [2.05, 4.69) is 37.5 Å². The third-order valence-electron chi connectivity index (χ3n) is 4.37. The minimum absolute atomic E-state index is 0.0901. The molecule has 7 nitrogen and oxygen atoms in total. The van der Waals surface area contributed by atoms with E-state index in [4.69, 9.17) is 5.11 Å². The zero-order valence-corrected chi connectivity index (χ0v) is 14.2. The summed E-state index contributed by atoms with van der Waals surface area (Å²) in [5, 5.41) is 15.5. The van der Waals surface area contributed by atoms with Gasteiger partial charge in [-0.05, 0) is 26.2 Å². The van der Waals surface area contributed by atoms with Crippen molar-refractivity contribution in [1.82, 2.24) is 19.9 Å². The summed E-state index contributed by atoms with van der Waals surface area (Å²) in [6, 6.07) is 2.39. The third kappa shape index (κ3) is 3.79. The molecule has 1 fully saturated rings. The monoisotopic (exact) mass is 328 g/mol. The lowest BCUT2D eigenvalue weighted by Gasteiger charge is -2.36. The van der Waals surface area contributed by atoms with E-state index in [1.807, 2.05) is 19.2 Å². The van der Waals surface area contributed by atoms with Crippen LogP contribution in [-0.2, 0) is 6.42 Å². The molecule has 1 aliphatic rings. The fourth-order valence-corrected chi connectivity index (χ4v) is 2.93. The summed E-state index contributed by atoms with van der Waals surface area (Å²) in [7, 11) is 0. The summed E-state index contributed by atoms with van der Waals surface area (Å²) in [4.78, 5) is 17.4. The Bertz CT molecular complexity index is 687. The summed E-state index contributed by atoms with van der Waals surface area (Å²) < 4.78 is 0. The van der Waals surface area contributed by atoms with Crippen LogP contribution in [0.4, 0.5) is 11.6 Å². The van der Waals surface area contributed by atoms with Crippen LogP contribution in [0.1, 0.15) is 42.8 Å². The molecular weight excluding hydrogens is 304 g/mol. The molecule has 0 unspecified atom stereocenters. The fourth-order valence-electron chi connectivity index (χ4n) is 2.93.